The van der Waals surface area contributed by atoms with Crippen molar-refractivity contribution in [2.24, 2.45) is 0 Å². The number of aromatic nitrogens is 1. The molecule has 6 nitrogen and oxygen atoms in total. The van der Waals surface area contributed by atoms with E-state index in [1.54, 1.807) is 19.1 Å². The number of likely N-dealkylation sites (tertiary alicyclic amines) is 1. The van der Waals surface area contributed by atoms with Gasteiger partial charge in [-0.15, -0.1) is 11.8 Å². The third-order valence-corrected chi connectivity index (χ3v) is 5.82. The van der Waals surface area contributed by atoms with Crippen LogP contribution in [-0.4, -0.2) is 41.1 Å². The van der Waals surface area contributed by atoms with Gasteiger partial charge in [0.1, 0.15) is 5.76 Å². The Balaban J connectivity index is 1.62. The van der Waals surface area contributed by atoms with E-state index in [0.29, 0.717) is 11.3 Å². The van der Waals surface area contributed by atoms with E-state index < -0.39 is 12.1 Å². The highest BCUT2D eigenvalue weighted by Gasteiger charge is 2.25. The van der Waals surface area contributed by atoms with Crippen LogP contribution in [0, 0.1) is 6.92 Å². The molecule has 0 radical (unpaired) electrons. The monoisotopic (exact) mass is 402 g/mol. The summed E-state index contributed by atoms with van der Waals surface area (Å²) in [6, 6.07) is 9.13. The van der Waals surface area contributed by atoms with E-state index in [1.807, 2.05) is 30.0 Å². The van der Waals surface area contributed by atoms with Crippen molar-refractivity contribution in [3.63, 3.8) is 0 Å². The quantitative estimate of drug-likeness (QED) is 0.532. The second kappa shape index (κ2) is 9.78. The predicted octanol–water partition coefficient (Wildman–Crippen LogP) is 4.22. The lowest BCUT2D eigenvalue weighted by Gasteiger charge is -2.24. The lowest BCUT2D eigenvalue weighted by molar-refractivity contribution is -0.139. The normalized spacial score (nSPS) is 15.7. The van der Waals surface area contributed by atoms with Gasteiger partial charge in [-0.1, -0.05) is 30.1 Å². The standard InChI is InChI=1S/C21H26N2O4S/c1-15-13-17(22-27-15)14-28-19-10-6-5-9-18(19)21(25)26-16(2)20(24)23-11-7-3-4-8-12-23/h5-6,9-10,13,16H,3-4,7-8,11-12,14H2,1-2H3/t16-/m1/s1. The molecule has 7 heteroatoms. The summed E-state index contributed by atoms with van der Waals surface area (Å²) in [5.41, 5.74) is 1.28. The number of amides is 1. The summed E-state index contributed by atoms with van der Waals surface area (Å²) < 4.78 is 10.6. The van der Waals surface area contributed by atoms with E-state index in [4.69, 9.17) is 9.26 Å². The number of carbonyl (C=O) groups excluding carboxylic acids is 2. The molecular formula is C21H26N2O4S. The lowest BCUT2D eigenvalue weighted by atomic mass is 10.2. The summed E-state index contributed by atoms with van der Waals surface area (Å²) in [7, 11) is 0. The molecule has 1 atom stereocenters. The third-order valence-electron chi connectivity index (χ3n) is 4.71. The van der Waals surface area contributed by atoms with Crippen LogP contribution in [0.15, 0.2) is 39.8 Å². The maximum Gasteiger partial charge on any atom is 0.340 e. The van der Waals surface area contributed by atoms with Crippen molar-refractivity contribution < 1.29 is 18.8 Å². The fourth-order valence-corrected chi connectivity index (χ4v) is 4.14. The molecule has 0 bridgehead atoms. The van der Waals surface area contributed by atoms with Gasteiger partial charge in [0.2, 0.25) is 0 Å². The number of esters is 1. The van der Waals surface area contributed by atoms with E-state index in [0.717, 1.165) is 55.1 Å². The second-order valence-corrected chi connectivity index (χ2v) is 8.02. The van der Waals surface area contributed by atoms with Gasteiger partial charge in [0, 0.05) is 29.8 Å². The molecule has 0 aliphatic carbocycles. The molecule has 2 aromatic rings. The lowest BCUT2D eigenvalue weighted by Crippen LogP contribution is -2.40. The summed E-state index contributed by atoms with van der Waals surface area (Å²) in [5.74, 6) is 0.752. The van der Waals surface area contributed by atoms with E-state index >= 15 is 0 Å². The van der Waals surface area contributed by atoms with Crippen LogP contribution in [0.5, 0.6) is 0 Å². The van der Waals surface area contributed by atoms with Gasteiger partial charge in [-0.2, -0.15) is 0 Å². The fourth-order valence-electron chi connectivity index (χ4n) is 3.22. The second-order valence-electron chi connectivity index (χ2n) is 7.00. The molecule has 1 aromatic heterocycles. The summed E-state index contributed by atoms with van der Waals surface area (Å²) in [5, 5.41) is 3.97. The van der Waals surface area contributed by atoms with Gasteiger partial charge in [-0.25, -0.2) is 4.79 Å². The maximum atomic E-state index is 12.7. The first kappa shape index (κ1) is 20.5. The highest BCUT2D eigenvalue weighted by atomic mass is 32.2. The molecule has 28 heavy (non-hydrogen) atoms. The maximum absolute atomic E-state index is 12.7. The number of aryl methyl sites for hydroxylation is 1. The number of nitrogens with zero attached hydrogens (tertiary/aromatic N) is 2. The summed E-state index contributed by atoms with van der Waals surface area (Å²) >= 11 is 1.49. The van der Waals surface area contributed by atoms with Crippen LogP contribution in [0.25, 0.3) is 0 Å². The number of benzene rings is 1. The summed E-state index contributed by atoms with van der Waals surface area (Å²) in [6.45, 7) is 4.97. The van der Waals surface area contributed by atoms with Crippen molar-refractivity contribution >= 4 is 23.6 Å². The third kappa shape index (κ3) is 5.38. The average molecular weight is 403 g/mol. The fraction of sp³-hybridized carbons (Fsp3) is 0.476. The molecule has 1 fully saturated rings. The molecule has 3 rings (SSSR count). The molecular weight excluding hydrogens is 376 g/mol. The molecule has 1 aliphatic rings. The van der Waals surface area contributed by atoms with Crippen molar-refractivity contribution in [3.8, 4) is 0 Å². The predicted molar refractivity (Wildman–Crippen MR) is 107 cm³/mol. The number of rotatable bonds is 6. The number of ether oxygens (including phenoxy) is 1. The molecule has 0 N–H and O–H groups in total. The van der Waals surface area contributed by atoms with E-state index in [1.165, 1.54) is 11.8 Å². The Kier molecular flexibility index (Phi) is 7.14. The molecule has 150 valence electrons. The minimum Gasteiger partial charge on any atom is -0.449 e. The molecule has 0 spiro atoms. The highest BCUT2D eigenvalue weighted by Crippen LogP contribution is 2.27. The van der Waals surface area contributed by atoms with Crippen molar-refractivity contribution in [2.45, 2.75) is 56.3 Å². The Morgan fingerprint density at radius 2 is 1.93 bits per heavy atom. The number of hydrogen-bond acceptors (Lipinski definition) is 6. The van der Waals surface area contributed by atoms with Crippen LogP contribution in [0.3, 0.4) is 0 Å². The first-order chi connectivity index (χ1) is 13.5. The van der Waals surface area contributed by atoms with Gasteiger partial charge in [-0.3, -0.25) is 4.79 Å². The van der Waals surface area contributed by atoms with Crippen molar-refractivity contribution in [3.05, 3.63) is 47.3 Å². The Hall–Kier alpha value is -2.28. The SMILES string of the molecule is Cc1cc(CSc2ccccc2C(=O)O[C@H](C)C(=O)N2CCCCCC2)no1. The Morgan fingerprint density at radius 1 is 1.21 bits per heavy atom. The number of hydrogen-bond donors (Lipinski definition) is 0. The van der Waals surface area contributed by atoms with Crippen molar-refractivity contribution in [1.29, 1.82) is 0 Å². The van der Waals surface area contributed by atoms with Gasteiger partial charge in [0.25, 0.3) is 5.91 Å². The minimum atomic E-state index is -0.790. The first-order valence-electron chi connectivity index (χ1n) is 9.68. The average Bonchev–Trinajstić information content (AvgIpc) is 2.94. The largest absolute Gasteiger partial charge is 0.449 e. The molecule has 2 heterocycles. The van der Waals surface area contributed by atoms with E-state index in [-0.39, 0.29) is 5.91 Å². The molecule has 1 amide bonds. The topological polar surface area (TPSA) is 72.6 Å². The zero-order valence-electron chi connectivity index (χ0n) is 16.3. The summed E-state index contributed by atoms with van der Waals surface area (Å²) in [6.07, 6.45) is 3.52. The van der Waals surface area contributed by atoms with Crippen LogP contribution in [0.4, 0.5) is 0 Å². The Labute approximate surface area is 169 Å². The van der Waals surface area contributed by atoms with E-state index in [2.05, 4.69) is 5.16 Å². The first-order valence-corrected chi connectivity index (χ1v) is 10.7. The zero-order chi connectivity index (χ0) is 19.9. The summed E-state index contributed by atoms with van der Waals surface area (Å²) in [4.78, 5) is 28.0. The van der Waals surface area contributed by atoms with Gasteiger partial charge >= 0.3 is 5.97 Å². The van der Waals surface area contributed by atoms with Crippen molar-refractivity contribution in [1.82, 2.24) is 10.1 Å². The van der Waals surface area contributed by atoms with Gasteiger partial charge < -0.3 is 14.2 Å². The molecule has 1 saturated heterocycles. The van der Waals surface area contributed by atoms with Crippen LogP contribution in [0.1, 0.15) is 54.4 Å². The number of thioether (sulfide) groups is 1. The van der Waals surface area contributed by atoms with Crippen LogP contribution >= 0.6 is 11.8 Å². The Bertz CT molecular complexity index is 812. The zero-order valence-corrected chi connectivity index (χ0v) is 17.2. The Morgan fingerprint density at radius 3 is 2.61 bits per heavy atom. The highest BCUT2D eigenvalue weighted by molar-refractivity contribution is 7.98. The van der Waals surface area contributed by atoms with Crippen molar-refractivity contribution in [2.75, 3.05) is 13.1 Å². The smallest absolute Gasteiger partial charge is 0.340 e. The molecule has 1 aromatic carbocycles. The van der Waals surface area contributed by atoms with E-state index in [9.17, 15) is 9.59 Å². The van der Waals surface area contributed by atoms with Crippen LogP contribution in [-0.2, 0) is 15.3 Å². The van der Waals surface area contributed by atoms with Gasteiger partial charge in [0.15, 0.2) is 6.10 Å². The molecule has 0 saturated carbocycles. The van der Waals surface area contributed by atoms with Crippen LogP contribution in [0.2, 0.25) is 0 Å². The van der Waals surface area contributed by atoms with Crippen LogP contribution < -0.4 is 0 Å². The molecule has 1 aliphatic heterocycles. The molecule has 0 unspecified atom stereocenters. The minimum absolute atomic E-state index is 0.113. The van der Waals surface area contributed by atoms with Gasteiger partial charge in [0.05, 0.1) is 11.3 Å². The van der Waals surface area contributed by atoms with Gasteiger partial charge in [-0.05, 0) is 38.8 Å². The number of carbonyl (C=O) groups is 2.